The Kier molecular flexibility index (Phi) is 6.99. The Morgan fingerprint density at radius 3 is 2.57 bits per heavy atom. The van der Waals surface area contributed by atoms with Crippen molar-refractivity contribution < 1.29 is 9.47 Å². The Morgan fingerprint density at radius 1 is 1.00 bits per heavy atom. The van der Waals surface area contributed by atoms with Crippen molar-refractivity contribution in [1.29, 1.82) is 0 Å². The van der Waals surface area contributed by atoms with Crippen molar-refractivity contribution in [3.63, 3.8) is 0 Å². The molecular formula is C27H25ClN4O2S. The summed E-state index contributed by atoms with van der Waals surface area (Å²) in [6.07, 6.45) is 6.01. The van der Waals surface area contributed by atoms with Crippen LogP contribution in [0.5, 0.6) is 5.75 Å². The lowest BCUT2D eigenvalue weighted by molar-refractivity contribution is 0.146. The molecule has 1 aliphatic rings. The Morgan fingerprint density at radius 2 is 1.83 bits per heavy atom. The first-order valence-electron chi connectivity index (χ1n) is 11.3. The molecule has 35 heavy (non-hydrogen) atoms. The summed E-state index contributed by atoms with van der Waals surface area (Å²) in [6.45, 7) is 0.918. The summed E-state index contributed by atoms with van der Waals surface area (Å²) < 4.78 is 12.9. The van der Waals surface area contributed by atoms with Gasteiger partial charge in [-0.15, -0.1) is 0 Å². The quantitative estimate of drug-likeness (QED) is 0.244. The van der Waals surface area contributed by atoms with Crippen molar-refractivity contribution in [2.45, 2.75) is 12.1 Å². The van der Waals surface area contributed by atoms with Crippen molar-refractivity contribution in [1.82, 2.24) is 14.9 Å². The summed E-state index contributed by atoms with van der Waals surface area (Å²) in [7, 11) is 1.64. The molecule has 0 spiro atoms. The van der Waals surface area contributed by atoms with E-state index in [1.165, 1.54) is 0 Å². The van der Waals surface area contributed by atoms with Gasteiger partial charge in [0.1, 0.15) is 12.4 Å². The maximum absolute atomic E-state index is 6.59. The molecule has 0 saturated carbocycles. The van der Waals surface area contributed by atoms with Gasteiger partial charge in [-0.05, 0) is 66.3 Å². The van der Waals surface area contributed by atoms with E-state index in [0.29, 0.717) is 29.1 Å². The lowest BCUT2D eigenvalue weighted by Crippen LogP contribution is -2.29. The molecule has 3 heterocycles. The maximum Gasteiger partial charge on any atom is 0.174 e. The number of benzene rings is 2. The van der Waals surface area contributed by atoms with Crippen LogP contribution in [0.2, 0.25) is 5.02 Å². The van der Waals surface area contributed by atoms with E-state index >= 15 is 0 Å². The molecule has 178 valence electrons. The average Bonchev–Trinajstić information content (AvgIpc) is 3.51. The molecule has 0 amide bonds. The van der Waals surface area contributed by atoms with Gasteiger partial charge in [-0.2, -0.15) is 0 Å². The Bertz CT molecular complexity index is 1300. The lowest BCUT2D eigenvalue weighted by Gasteiger charge is -2.27. The zero-order chi connectivity index (χ0) is 24.2. The molecule has 1 fully saturated rings. The van der Waals surface area contributed by atoms with Crippen LogP contribution in [-0.4, -0.2) is 35.0 Å². The highest BCUT2D eigenvalue weighted by Crippen LogP contribution is 2.43. The first kappa shape index (κ1) is 23.4. The van der Waals surface area contributed by atoms with E-state index < -0.39 is 0 Å². The third-order valence-corrected chi connectivity index (χ3v) is 6.56. The number of hydrogen-bond donors (Lipinski definition) is 1. The molecule has 1 aliphatic heterocycles. The number of halogens is 1. The Balaban J connectivity index is 1.53. The molecule has 5 rings (SSSR count). The predicted octanol–water partition coefficient (Wildman–Crippen LogP) is 5.73. The number of hydrogen-bond acceptors (Lipinski definition) is 4. The highest BCUT2D eigenvalue weighted by molar-refractivity contribution is 7.80. The fourth-order valence-electron chi connectivity index (χ4n) is 4.31. The second-order valence-electron chi connectivity index (χ2n) is 8.14. The molecule has 0 radical (unpaired) electrons. The largest absolute Gasteiger partial charge is 0.490 e. The molecule has 2 aromatic carbocycles. The number of rotatable bonds is 8. The number of anilines is 1. The van der Waals surface area contributed by atoms with Gasteiger partial charge in [0.05, 0.1) is 29.4 Å². The number of ether oxygens (including phenoxy) is 2. The number of para-hydroxylation sites is 1. The Labute approximate surface area is 215 Å². The van der Waals surface area contributed by atoms with E-state index in [1.54, 1.807) is 13.3 Å². The van der Waals surface area contributed by atoms with Gasteiger partial charge < -0.3 is 24.3 Å². The van der Waals surface area contributed by atoms with Crippen molar-refractivity contribution in [2.75, 3.05) is 25.2 Å². The van der Waals surface area contributed by atoms with Gasteiger partial charge in [-0.1, -0.05) is 35.9 Å². The molecule has 4 aromatic rings. The first-order chi connectivity index (χ1) is 17.2. The van der Waals surface area contributed by atoms with E-state index in [0.717, 1.165) is 22.6 Å². The fourth-order valence-corrected chi connectivity index (χ4v) is 4.89. The molecule has 0 aliphatic carbocycles. The number of nitrogens with zero attached hydrogens (tertiary/aromatic N) is 3. The van der Waals surface area contributed by atoms with Crippen LogP contribution in [-0.2, 0) is 4.74 Å². The molecule has 8 heteroatoms. The van der Waals surface area contributed by atoms with Crippen molar-refractivity contribution in [2.24, 2.45) is 0 Å². The van der Waals surface area contributed by atoms with Crippen molar-refractivity contribution >= 4 is 34.6 Å². The number of pyridine rings is 1. The molecule has 1 saturated heterocycles. The lowest BCUT2D eigenvalue weighted by atomic mass is 9.98. The topological polar surface area (TPSA) is 51.6 Å². The third-order valence-electron chi connectivity index (χ3n) is 5.95. The fraction of sp³-hybridized carbons (Fsp3) is 0.185. The van der Waals surface area contributed by atoms with Crippen molar-refractivity contribution in [3.8, 4) is 11.4 Å². The van der Waals surface area contributed by atoms with Crippen LogP contribution in [0.1, 0.15) is 23.3 Å². The number of thiocarbonyl (C=S) groups is 1. The van der Waals surface area contributed by atoms with Crippen LogP contribution in [0.25, 0.3) is 5.69 Å². The van der Waals surface area contributed by atoms with E-state index in [-0.39, 0.29) is 12.1 Å². The smallest absolute Gasteiger partial charge is 0.174 e. The minimum atomic E-state index is -0.133. The van der Waals surface area contributed by atoms with Gasteiger partial charge in [0, 0.05) is 37.1 Å². The summed E-state index contributed by atoms with van der Waals surface area (Å²) in [5.74, 6) is 0.610. The summed E-state index contributed by atoms with van der Waals surface area (Å²) in [5, 5.41) is 4.62. The first-order valence-corrected chi connectivity index (χ1v) is 12.1. The Hall–Kier alpha value is -3.39. The van der Waals surface area contributed by atoms with Gasteiger partial charge >= 0.3 is 0 Å². The van der Waals surface area contributed by atoms with E-state index in [9.17, 15) is 0 Å². The van der Waals surface area contributed by atoms with Gasteiger partial charge in [0.15, 0.2) is 5.11 Å². The minimum absolute atomic E-state index is 0.126. The van der Waals surface area contributed by atoms with Gasteiger partial charge in [-0.25, -0.2) is 0 Å². The molecule has 6 nitrogen and oxygen atoms in total. The number of nitrogens with one attached hydrogen (secondary N) is 1. The van der Waals surface area contributed by atoms with Crippen LogP contribution in [0.3, 0.4) is 0 Å². The SMILES string of the molecule is COCCOc1ccc(N2C(=S)N[C@@H](c3ccccn3)[C@H]2c2ccn(-c3ccccc3)c2)cc1Cl. The molecule has 2 aromatic heterocycles. The number of methoxy groups -OCH3 is 1. The van der Waals surface area contributed by atoms with E-state index in [2.05, 4.69) is 50.4 Å². The summed E-state index contributed by atoms with van der Waals surface area (Å²) in [6, 6.07) is 23.8. The third kappa shape index (κ3) is 4.89. The van der Waals surface area contributed by atoms with E-state index in [1.807, 2.05) is 54.6 Å². The molecular weight excluding hydrogens is 480 g/mol. The average molecular weight is 505 g/mol. The standard InChI is InChI=1S/C27H25ClN4O2S/c1-33-15-16-34-24-11-10-21(17-22(24)28)32-26(25(30-27(32)35)23-9-5-6-13-29-23)19-12-14-31(18-19)20-7-3-2-4-8-20/h2-14,17-18,25-26H,15-16H2,1H3,(H,30,35)/t25-,26+/m0/s1. The summed E-state index contributed by atoms with van der Waals surface area (Å²) in [4.78, 5) is 6.73. The molecule has 0 unspecified atom stereocenters. The van der Waals surface area contributed by atoms with Crippen LogP contribution in [0.4, 0.5) is 5.69 Å². The normalized spacial score (nSPS) is 17.4. The van der Waals surface area contributed by atoms with E-state index in [4.69, 9.17) is 33.3 Å². The van der Waals surface area contributed by atoms with Crippen LogP contribution in [0.15, 0.2) is 91.4 Å². The van der Waals surface area contributed by atoms with Gasteiger partial charge in [0.2, 0.25) is 0 Å². The second kappa shape index (κ2) is 10.5. The van der Waals surface area contributed by atoms with Crippen LogP contribution < -0.4 is 15.0 Å². The highest BCUT2D eigenvalue weighted by atomic mass is 35.5. The molecule has 0 bridgehead atoms. The minimum Gasteiger partial charge on any atom is -0.490 e. The summed E-state index contributed by atoms with van der Waals surface area (Å²) >= 11 is 12.4. The van der Waals surface area contributed by atoms with Gasteiger partial charge in [0.25, 0.3) is 0 Å². The zero-order valence-corrected chi connectivity index (χ0v) is 20.7. The summed E-state index contributed by atoms with van der Waals surface area (Å²) in [5.41, 5.74) is 3.99. The van der Waals surface area contributed by atoms with Crippen LogP contribution >= 0.6 is 23.8 Å². The molecule has 1 N–H and O–H groups in total. The number of aromatic nitrogens is 2. The zero-order valence-electron chi connectivity index (χ0n) is 19.2. The predicted molar refractivity (Wildman–Crippen MR) is 143 cm³/mol. The maximum atomic E-state index is 6.59. The van der Waals surface area contributed by atoms with Gasteiger partial charge in [-0.3, -0.25) is 4.98 Å². The monoisotopic (exact) mass is 504 g/mol. The highest BCUT2D eigenvalue weighted by Gasteiger charge is 2.41. The molecule has 2 atom stereocenters. The van der Waals surface area contributed by atoms with Crippen LogP contribution in [0, 0.1) is 0 Å². The second-order valence-corrected chi connectivity index (χ2v) is 8.93. The van der Waals surface area contributed by atoms with Crippen molar-refractivity contribution in [3.05, 3.63) is 108 Å².